The summed E-state index contributed by atoms with van der Waals surface area (Å²) in [5, 5.41) is 3.08. The first kappa shape index (κ1) is 25.4. The molecule has 188 valence electrons. The van der Waals surface area contributed by atoms with Crippen LogP contribution in [0.5, 0.6) is 0 Å². The first-order valence-corrected chi connectivity index (χ1v) is 16.8. The third-order valence-corrected chi connectivity index (χ3v) is 8.74. The van der Waals surface area contributed by atoms with Gasteiger partial charge in [0.15, 0.2) is 5.65 Å². The minimum absolute atomic E-state index is 0.123. The van der Waals surface area contributed by atoms with E-state index in [0.717, 1.165) is 59.8 Å². The van der Waals surface area contributed by atoms with E-state index < -0.39 is 13.7 Å². The summed E-state index contributed by atoms with van der Waals surface area (Å²) >= 11 is 3.63. The van der Waals surface area contributed by atoms with Crippen molar-refractivity contribution in [2.75, 3.05) is 11.5 Å². The molecular weight excluding hydrogens is 514 g/mol. The number of nitrogens with one attached hydrogen (secondary N) is 1. The summed E-state index contributed by atoms with van der Waals surface area (Å²) in [6.07, 6.45) is 7.54. The number of nitrogens with zero attached hydrogens (tertiary/aromatic N) is 4. The SMILES string of the molecule is CC(C)(C)OC(=O)NC1CC2CCC(C1)N2c1cnc2c(Br)cn(COCC[Si](C)(C)C)c2n1. The molecule has 10 heteroatoms. The quantitative estimate of drug-likeness (QED) is 0.359. The summed E-state index contributed by atoms with van der Waals surface area (Å²) in [6.45, 7) is 14.0. The zero-order valence-electron chi connectivity index (χ0n) is 21.2. The predicted molar refractivity (Wildman–Crippen MR) is 141 cm³/mol. The van der Waals surface area contributed by atoms with Crippen molar-refractivity contribution in [3.63, 3.8) is 0 Å². The van der Waals surface area contributed by atoms with E-state index in [0.29, 0.717) is 18.8 Å². The van der Waals surface area contributed by atoms with Crippen molar-refractivity contribution in [1.82, 2.24) is 19.9 Å². The van der Waals surface area contributed by atoms with Crippen LogP contribution in [0.1, 0.15) is 46.5 Å². The van der Waals surface area contributed by atoms with Crippen molar-refractivity contribution < 1.29 is 14.3 Å². The molecule has 2 aliphatic rings. The molecule has 4 rings (SSSR count). The third-order valence-electron chi connectivity index (χ3n) is 6.45. The Hall–Kier alpha value is -1.65. The van der Waals surface area contributed by atoms with Gasteiger partial charge in [0.1, 0.15) is 23.7 Å². The van der Waals surface area contributed by atoms with Gasteiger partial charge >= 0.3 is 6.09 Å². The second-order valence-electron chi connectivity index (χ2n) is 11.8. The first-order valence-electron chi connectivity index (χ1n) is 12.3. The van der Waals surface area contributed by atoms with Gasteiger partial charge in [-0.2, -0.15) is 0 Å². The van der Waals surface area contributed by atoms with E-state index >= 15 is 0 Å². The molecule has 4 heterocycles. The number of alkyl carbamates (subject to hydrolysis) is 1. The number of fused-ring (bicyclic) bond motifs is 3. The molecule has 2 aliphatic heterocycles. The van der Waals surface area contributed by atoms with Crippen LogP contribution in [0.4, 0.5) is 10.6 Å². The number of carbonyl (C=O) groups excluding carboxylic acids is 1. The lowest BCUT2D eigenvalue weighted by atomic mass is 9.97. The molecule has 0 saturated carbocycles. The summed E-state index contributed by atoms with van der Waals surface area (Å²) in [6, 6.07) is 1.94. The Labute approximate surface area is 211 Å². The highest BCUT2D eigenvalue weighted by Gasteiger charge is 2.42. The smallest absolute Gasteiger partial charge is 0.407 e. The van der Waals surface area contributed by atoms with Gasteiger partial charge in [-0.05, 0) is 68.4 Å². The van der Waals surface area contributed by atoms with E-state index in [1.807, 2.05) is 37.7 Å². The number of hydrogen-bond donors (Lipinski definition) is 1. The van der Waals surface area contributed by atoms with Crippen LogP contribution < -0.4 is 10.2 Å². The van der Waals surface area contributed by atoms with Gasteiger partial charge in [0, 0.05) is 39.0 Å². The number of halogens is 1. The number of piperidine rings is 1. The fraction of sp³-hybridized carbons (Fsp3) is 0.708. The molecular formula is C24H38BrN5O3Si. The van der Waals surface area contributed by atoms with Gasteiger partial charge in [0.2, 0.25) is 0 Å². The zero-order valence-corrected chi connectivity index (χ0v) is 23.8. The Morgan fingerprint density at radius 2 is 1.91 bits per heavy atom. The topological polar surface area (TPSA) is 81.5 Å². The maximum Gasteiger partial charge on any atom is 0.407 e. The minimum atomic E-state index is -1.12. The van der Waals surface area contributed by atoms with Crippen LogP contribution in [0.15, 0.2) is 16.9 Å². The van der Waals surface area contributed by atoms with Gasteiger partial charge in [-0.15, -0.1) is 0 Å². The summed E-state index contributed by atoms with van der Waals surface area (Å²) in [5.41, 5.74) is 1.20. The van der Waals surface area contributed by atoms with Crippen molar-refractivity contribution in [3.8, 4) is 0 Å². The standard InChI is InChI=1S/C24H38BrN5O3Si/c1-24(2,3)33-23(31)27-16-11-17-7-8-18(12-16)30(17)20-13-26-21-19(25)14-29(22(21)28-20)15-32-9-10-34(4,5)6/h13-14,16-18H,7-12,15H2,1-6H3,(H,27,31). The number of amides is 1. The van der Waals surface area contributed by atoms with E-state index in [-0.39, 0.29) is 12.1 Å². The Bertz CT molecular complexity index is 1020. The maximum atomic E-state index is 12.3. The van der Waals surface area contributed by atoms with Gasteiger partial charge in [0.25, 0.3) is 0 Å². The second-order valence-corrected chi connectivity index (χ2v) is 18.3. The van der Waals surface area contributed by atoms with Gasteiger partial charge in [0.05, 0.1) is 10.7 Å². The summed E-state index contributed by atoms with van der Waals surface area (Å²) in [4.78, 5) is 24.5. The van der Waals surface area contributed by atoms with Crippen LogP contribution in [-0.2, 0) is 16.2 Å². The number of aromatic nitrogens is 3. The van der Waals surface area contributed by atoms with Crippen molar-refractivity contribution in [3.05, 3.63) is 16.9 Å². The highest BCUT2D eigenvalue weighted by atomic mass is 79.9. The summed E-state index contributed by atoms with van der Waals surface area (Å²) in [5.74, 6) is 0.907. The number of carbonyl (C=O) groups is 1. The molecule has 0 radical (unpaired) electrons. The van der Waals surface area contributed by atoms with Crippen molar-refractivity contribution in [2.24, 2.45) is 0 Å². The molecule has 34 heavy (non-hydrogen) atoms. The first-order chi connectivity index (χ1) is 15.9. The monoisotopic (exact) mass is 551 g/mol. The van der Waals surface area contributed by atoms with Crippen LogP contribution in [-0.4, -0.2) is 59.0 Å². The fourth-order valence-electron chi connectivity index (χ4n) is 4.91. The average molecular weight is 553 g/mol. The van der Waals surface area contributed by atoms with E-state index in [1.54, 1.807) is 0 Å². The molecule has 0 spiro atoms. The van der Waals surface area contributed by atoms with Crippen LogP contribution >= 0.6 is 15.9 Å². The van der Waals surface area contributed by atoms with E-state index in [1.165, 1.54) is 0 Å². The summed E-state index contributed by atoms with van der Waals surface area (Å²) in [7, 11) is -1.12. The molecule has 2 aromatic rings. The van der Waals surface area contributed by atoms with Gasteiger partial charge in [-0.1, -0.05) is 19.6 Å². The van der Waals surface area contributed by atoms with E-state index in [2.05, 4.69) is 45.8 Å². The molecule has 1 amide bonds. The fourth-order valence-corrected chi connectivity index (χ4v) is 6.19. The van der Waals surface area contributed by atoms with Crippen LogP contribution in [0.3, 0.4) is 0 Å². The average Bonchev–Trinajstić information content (AvgIpc) is 3.16. The Morgan fingerprint density at radius 3 is 2.53 bits per heavy atom. The molecule has 8 nitrogen and oxygen atoms in total. The van der Waals surface area contributed by atoms with Crippen LogP contribution in [0.2, 0.25) is 25.7 Å². The molecule has 2 bridgehead atoms. The van der Waals surface area contributed by atoms with Crippen LogP contribution in [0, 0.1) is 0 Å². The molecule has 0 aromatic carbocycles. The zero-order chi connectivity index (χ0) is 24.7. The van der Waals surface area contributed by atoms with Gasteiger partial charge in [-0.25, -0.2) is 14.8 Å². The van der Waals surface area contributed by atoms with E-state index in [9.17, 15) is 4.79 Å². The van der Waals surface area contributed by atoms with E-state index in [4.69, 9.17) is 19.4 Å². The number of ether oxygens (including phenoxy) is 2. The van der Waals surface area contributed by atoms with Crippen molar-refractivity contribution in [1.29, 1.82) is 0 Å². The molecule has 0 aliphatic carbocycles. The largest absolute Gasteiger partial charge is 0.444 e. The third kappa shape index (κ3) is 6.12. The molecule has 2 unspecified atom stereocenters. The van der Waals surface area contributed by atoms with Gasteiger partial charge in [-0.3, -0.25) is 0 Å². The Morgan fingerprint density at radius 1 is 1.24 bits per heavy atom. The molecule has 1 N–H and O–H groups in total. The molecule has 2 aromatic heterocycles. The lowest BCUT2D eigenvalue weighted by Crippen LogP contribution is -2.51. The number of hydrogen-bond acceptors (Lipinski definition) is 6. The predicted octanol–water partition coefficient (Wildman–Crippen LogP) is 5.53. The Balaban J connectivity index is 1.45. The normalized spacial score (nSPS) is 22.9. The number of anilines is 1. The van der Waals surface area contributed by atoms with Crippen molar-refractivity contribution >= 4 is 47.1 Å². The minimum Gasteiger partial charge on any atom is -0.444 e. The van der Waals surface area contributed by atoms with Crippen LogP contribution in [0.25, 0.3) is 11.2 Å². The lowest BCUT2D eigenvalue weighted by molar-refractivity contribution is 0.0492. The molecule has 2 saturated heterocycles. The number of rotatable bonds is 7. The maximum absolute atomic E-state index is 12.3. The van der Waals surface area contributed by atoms with Crippen molar-refractivity contribution in [2.45, 2.75) is 103 Å². The second kappa shape index (κ2) is 9.77. The lowest BCUT2D eigenvalue weighted by Gasteiger charge is -2.39. The molecule has 2 atom stereocenters. The highest BCUT2D eigenvalue weighted by molar-refractivity contribution is 9.10. The van der Waals surface area contributed by atoms with Gasteiger partial charge < -0.3 is 24.3 Å². The highest BCUT2D eigenvalue weighted by Crippen LogP contribution is 2.39. The Kier molecular flexibility index (Phi) is 7.31. The molecule has 2 fully saturated rings. The summed E-state index contributed by atoms with van der Waals surface area (Å²) < 4.78 is 14.4.